The van der Waals surface area contributed by atoms with Crippen LogP contribution < -0.4 is 15.6 Å². The Morgan fingerprint density at radius 1 is 1.04 bits per heavy atom. The lowest BCUT2D eigenvalue weighted by Gasteiger charge is -2.10. The number of nitrogens with one attached hydrogen (secondary N) is 2. The number of benzene rings is 2. The zero-order valence-corrected chi connectivity index (χ0v) is 14.8. The Bertz CT molecular complexity index is 823. The first-order valence-electron chi connectivity index (χ1n) is 8.24. The van der Waals surface area contributed by atoms with Gasteiger partial charge in [-0.3, -0.25) is 20.4 Å². The van der Waals surface area contributed by atoms with Gasteiger partial charge in [0.05, 0.1) is 11.6 Å². The number of rotatable bonds is 6. The predicted octanol–water partition coefficient (Wildman–Crippen LogP) is 2.33. The van der Waals surface area contributed by atoms with Crippen LogP contribution in [0.2, 0.25) is 0 Å². The number of ether oxygens (including phenoxy) is 1. The first-order valence-corrected chi connectivity index (χ1v) is 8.24. The molecule has 6 nitrogen and oxygen atoms in total. The predicted molar refractivity (Wildman–Crippen MR) is 97.2 cm³/mol. The molecule has 0 heterocycles. The molecular formula is C20H21N3O3. The summed E-state index contributed by atoms with van der Waals surface area (Å²) in [6.45, 7) is 3.81. The molecule has 2 rings (SSSR count). The fraction of sp³-hybridized carbons (Fsp3) is 0.250. The van der Waals surface area contributed by atoms with Gasteiger partial charge in [-0.15, -0.1) is 0 Å². The van der Waals surface area contributed by atoms with Crippen molar-refractivity contribution in [3.05, 3.63) is 64.7 Å². The van der Waals surface area contributed by atoms with Crippen LogP contribution in [0.1, 0.15) is 28.7 Å². The van der Waals surface area contributed by atoms with Gasteiger partial charge >= 0.3 is 0 Å². The van der Waals surface area contributed by atoms with Crippen LogP contribution in [0.5, 0.6) is 5.75 Å². The summed E-state index contributed by atoms with van der Waals surface area (Å²) in [4.78, 5) is 23.6. The molecule has 0 saturated carbocycles. The van der Waals surface area contributed by atoms with E-state index in [2.05, 4.69) is 16.9 Å². The van der Waals surface area contributed by atoms with Gasteiger partial charge in [0.2, 0.25) is 5.91 Å². The zero-order valence-electron chi connectivity index (χ0n) is 14.8. The number of carbonyl (C=O) groups is 2. The molecule has 2 aromatic carbocycles. The lowest BCUT2D eigenvalue weighted by molar-refractivity contribution is -0.130. The number of hydrogen-bond acceptors (Lipinski definition) is 4. The molecule has 0 aromatic heterocycles. The van der Waals surface area contributed by atoms with Gasteiger partial charge in [-0.25, -0.2) is 0 Å². The van der Waals surface area contributed by atoms with Crippen LogP contribution in [-0.4, -0.2) is 18.4 Å². The first kappa shape index (κ1) is 19.0. The Morgan fingerprint density at radius 3 is 2.38 bits per heavy atom. The molecule has 0 aliphatic heterocycles. The standard InChI is InChI=1S/C20H21N3O3/c1-14-3-6-17(15(2)11-14)7-10-19(24)22-23-20(25)13-26-18-8-4-16(12-21)5-9-18/h3-6,8-9,11H,7,10,13H2,1-2H3,(H,22,24)(H,23,25). The number of aryl methyl sites for hydroxylation is 3. The summed E-state index contributed by atoms with van der Waals surface area (Å²) in [5, 5.41) is 8.72. The van der Waals surface area contributed by atoms with Crippen molar-refractivity contribution in [2.24, 2.45) is 0 Å². The quantitative estimate of drug-likeness (QED) is 0.782. The molecule has 6 heteroatoms. The van der Waals surface area contributed by atoms with Gasteiger partial charge < -0.3 is 4.74 Å². The summed E-state index contributed by atoms with van der Waals surface area (Å²) in [5.41, 5.74) is 8.66. The van der Waals surface area contributed by atoms with Gasteiger partial charge in [-0.05, 0) is 55.7 Å². The maximum atomic E-state index is 11.8. The van der Waals surface area contributed by atoms with Crippen LogP contribution in [0.15, 0.2) is 42.5 Å². The molecule has 2 N–H and O–H groups in total. The Hall–Kier alpha value is -3.33. The third-order valence-corrected chi connectivity index (χ3v) is 3.81. The van der Waals surface area contributed by atoms with E-state index in [1.807, 2.05) is 32.0 Å². The molecule has 26 heavy (non-hydrogen) atoms. The minimum Gasteiger partial charge on any atom is -0.484 e. The van der Waals surface area contributed by atoms with E-state index in [0.29, 0.717) is 17.7 Å². The molecule has 0 radical (unpaired) electrons. The molecule has 0 bridgehead atoms. The minimum absolute atomic E-state index is 0.233. The minimum atomic E-state index is -0.464. The van der Waals surface area contributed by atoms with Crippen LogP contribution in [0, 0.1) is 25.2 Å². The smallest absolute Gasteiger partial charge is 0.276 e. The Morgan fingerprint density at radius 2 is 1.73 bits per heavy atom. The summed E-state index contributed by atoms with van der Waals surface area (Å²) >= 11 is 0. The second-order valence-electron chi connectivity index (χ2n) is 5.95. The van der Waals surface area contributed by atoms with E-state index in [-0.39, 0.29) is 18.9 Å². The maximum absolute atomic E-state index is 11.8. The number of amides is 2. The van der Waals surface area contributed by atoms with Crippen molar-refractivity contribution in [3.63, 3.8) is 0 Å². The lowest BCUT2D eigenvalue weighted by atomic mass is 10.0. The van der Waals surface area contributed by atoms with Crippen molar-refractivity contribution >= 4 is 11.8 Å². The highest BCUT2D eigenvalue weighted by molar-refractivity contribution is 5.82. The van der Waals surface area contributed by atoms with Crippen molar-refractivity contribution in [2.75, 3.05) is 6.61 Å². The van der Waals surface area contributed by atoms with Crippen molar-refractivity contribution in [2.45, 2.75) is 26.7 Å². The van der Waals surface area contributed by atoms with E-state index >= 15 is 0 Å². The summed E-state index contributed by atoms with van der Waals surface area (Å²) in [6.07, 6.45) is 0.885. The largest absolute Gasteiger partial charge is 0.484 e. The van der Waals surface area contributed by atoms with Gasteiger partial charge in [0.1, 0.15) is 5.75 Å². The normalized spacial score (nSPS) is 9.88. The lowest BCUT2D eigenvalue weighted by Crippen LogP contribution is -2.43. The molecule has 0 fully saturated rings. The summed E-state index contributed by atoms with van der Waals surface area (Å²) in [5.74, 6) is -0.258. The van der Waals surface area contributed by atoms with E-state index in [4.69, 9.17) is 10.00 Å². The van der Waals surface area contributed by atoms with Crippen LogP contribution in [0.25, 0.3) is 0 Å². The number of hydrogen-bond donors (Lipinski definition) is 2. The molecule has 0 saturated heterocycles. The number of nitriles is 1. The van der Waals surface area contributed by atoms with Crippen molar-refractivity contribution in [3.8, 4) is 11.8 Å². The van der Waals surface area contributed by atoms with Gasteiger partial charge in [-0.1, -0.05) is 23.8 Å². The molecule has 0 spiro atoms. The average molecular weight is 351 g/mol. The first-order chi connectivity index (χ1) is 12.5. The number of hydrazine groups is 1. The van der Waals surface area contributed by atoms with E-state index in [9.17, 15) is 9.59 Å². The van der Waals surface area contributed by atoms with Crippen LogP contribution >= 0.6 is 0 Å². The summed E-state index contributed by atoms with van der Waals surface area (Å²) < 4.78 is 5.28. The van der Waals surface area contributed by atoms with Gasteiger partial charge in [0.15, 0.2) is 6.61 Å². The topological polar surface area (TPSA) is 91.2 Å². The zero-order chi connectivity index (χ0) is 18.9. The third kappa shape index (κ3) is 5.95. The van der Waals surface area contributed by atoms with Crippen molar-refractivity contribution in [1.82, 2.24) is 10.9 Å². The molecular weight excluding hydrogens is 330 g/mol. The van der Waals surface area contributed by atoms with Crippen LogP contribution in [0.3, 0.4) is 0 Å². The second-order valence-corrected chi connectivity index (χ2v) is 5.95. The van der Waals surface area contributed by atoms with E-state index < -0.39 is 5.91 Å². The molecule has 0 aliphatic carbocycles. The average Bonchev–Trinajstić information content (AvgIpc) is 2.64. The summed E-state index contributed by atoms with van der Waals surface area (Å²) in [7, 11) is 0. The molecule has 0 aliphatic rings. The summed E-state index contributed by atoms with van der Waals surface area (Å²) in [6, 6.07) is 14.5. The fourth-order valence-electron chi connectivity index (χ4n) is 2.39. The van der Waals surface area contributed by atoms with Crippen molar-refractivity contribution < 1.29 is 14.3 Å². The van der Waals surface area contributed by atoms with Crippen LogP contribution in [0.4, 0.5) is 0 Å². The molecule has 134 valence electrons. The van der Waals surface area contributed by atoms with Crippen molar-refractivity contribution in [1.29, 1.82) is 5.26 Å². The molecule has 0 atom stereocenters. The fourth-order valence-corrected chi connectivity index (χ4v) is 2.39. The van der Waals surface area contributed by atoms with Gasteiger partial charge in [-0.2, -0.15) is 5.26 Å². The third-order valence-electron chi connectivity index (χ3n) is 3.81. The van der Waals surface area contributed by atoms with E-state index in [1.165, 1.54) is 5.56 Å². The molecule has 2 amide bonds. The number of nitrogens with zero attached hydrogens (tertiary/aromatic N) is 1. The van der Waals surface area contributed by atoms with Crippen LogP contribution in [-0.2, 0) is 16.0 Å². The van der Waals surface area contributed by atoms with E-state index in [0.717, 1.165) is 11.1 Å². The molecule has 2 aromatic rings. The number of carbonyl (C=O) groups excluding carboxylic acids is 2. The Kier molecular flexibility index (Phi) is 6.75. The van der Waals surface area contributed by atoms with E-state index in [1.54, 1.807) is 24.3 Å². The Labute approximate surface area is 152 Å². The van der Waals surface area contributed by atoms with Gasteiger partial charge in [0.25, 0.3) is 5.91 Å². The highest BCUT2D eigenvalue weighted by Gasteiger charge is 2.07. The monoisotopic (exact) mass is 351 g/mol. The SMILES string of the molecule is Cc1ccc(CCC(=O)NNC(=O)COc2ccc(C#N)cc2)c(C)c1. The molecule has 0 unspecified atom stereocenters. The maximum Gasteiger partial charge on any atom is 0.276 e. The highest BCUT2D eigenvalue weighted by atomic mass is 16.5. The Balaban J connectivity index is 1.69. The van der Waals surface area contributed by atoms with Gasteiger partial charge in [0, 0.05) is 6.42 Å². The second kappa shape index (κ2) is 9.23. The highest BCUT2D eigenvalue weighted by Crippen LogP contribution is 2.12.